The predicted octanol–water partition coefficient (Wildman–Crippen LogP) is -0.259. The molecule has 0 unspecified atom stereocenters. The second-order valence-corrected chi connectivity index (χ2v) is 7.17. The summed E-state index contributed by atoms with van der Waals surface area (Å²) in [7, 11) is 0. The maximum absolute atomic E-state index is 13.1. The molecular weight excluding hydrogens is 348 g/mol. The molecule has 0 aromatic heterocycles. The monoisotopic (exact) mass is 381 g/mol. The van der Waals surface area contributed by atoms with Gasteiger partial charge in [-0.1, -0.05) is 19.3 Å². The highest BCUT2D eigenvalue weighted by atomic mass is 16.2. The van der Waals surface area contributed by atoms with Gasteiger partial charge in [0.15, 0.2) is 5.96 Å². The first kappa shape index (κ1) is 22.9. The number of rotatable bonds is 10. The zero-order valence-corrected chi connectivity index (χ0v) is 16.3. The summed E-state index contributed by atoms with van der Waals surface area (Å²) in [6.07, 6.45) is 7.79. The van der Waals surface area contributed by atoms with Gasteiger partial charge in [0, 0.05) is 12.6 Å². The van der Waals surface area contributed by atoms with E-state index >= 15 is 0 Å². The number of carbonyl (C=O) groups is 2. The Morgan fingerprint density at radius 3 is 2.41 bits per heavy atom. The smallest absolute Gasteiger partial charge is 0.245 e. The van der Waals surface area contributed by atoms with Crippen LogP contribution in [0.25, 0.3) is 0 Å². The number of nitrogens with two attached hydrogens (primary N) is 2. The Morgan fingerprint density at radius 2 is 1.89 bits per heavy atom. The number of guanidine groups is 1. The highest BCUT2D eigenvalue weighted by molar-refractivity contribution is 5.90. The molecule has 0 aromatic rings. The molecule has 1 saturated carbocycles. The molecule has 7 N–H and O–H groups in total. The van der Waals surface area contributed by atoms with Gasteiger partial charge in [0.25, 0.3) is 0 Å². The van der Waals surface area contributed by atoms with E-state index in [-0.39, 0.29) is 17.9 Å². The quantitative estimate of drug-likeness (QED) is 0.199. The summed E-state index contributed by atoms with van der Waals surface area (Å²) < 4.78 is 0. The first-order chi connectivity index (χ1) is 12.8. The summed E-state index contributed by atoms with van der Waals surface area (Å²) in [4.78, 5) is 38.2. The molecule has 2 amide bonds. The molecule has 1 rings (SSSR count). The van der Waals surface area contributed by atoms with E-state index in [4.69, 9.17) is 16.9 Å². The van der Waals surface area contributed by atoms with Gasteiger partial charge in [-0.05, 0) is 39.5 Å². The van der Waals surface area contributed by atoms with Crippen LogP contribution in [0.4, 0.5) is 0 Å². The van der Waals surface area contributed by atoms with E-state index in [0.717, 1.165) is 32.1 Å². The van der Waals surface area contributed by atoms with Crippen molar-refractivity contribution in [2.45, 2.75) is 83.0 Å². The van der Waals surface area contributed by atoms with Crippen LogP contribution in [0.2, 0.25) is 0 Å². The van der Waals surface area contributed by atoms with Crippen LogP contribution in [-0.4, -0.2) is 59.7 Å². The van der Waals surface area contributed by atoms with Gasteiger partial charge in [0.1, 0.15) is 6.04 Å². The minimum absolute atomic E-state index is 0.0341. The van der Waals surface area contributed by atoms with Crippen LogP contribution in [0.5, 0.6) is 0 Å². The summed E-state index contributed by atoms with van der Waals surface area (Å²) >= 11 is 0. The molecule has 1 radical (unpaired) electrons. The van der Waals surface area contributed by atoms with Crippen LogP contribution in [0.3, 0.4) is 0 Å². The maximum Gasteiger partial charge on any atom is 0.245 e. The van der Waals surface area contributed by atoms with Crippen LogP contribution in [0.1, 0.15) is 58.8 Å². The Hall–Kier alpha value is -2.16. The first-order valence-electron chi connectivity index (χ1n) is 9.61. The third kappa shape index (κ3) is 7.54. The lowest BCUT2D eigenvalue weighted by atomic mass is 9.92. The molecule has 0 heterocycles. The second-order valence-electron chi connectivity index (χ2n) is 7.17. The molecule has 0 aliphatic heterocycles. The summed E-state index contributed by atoms with van der Waals surface area (Å²) in [6, 6.07) is -2.21. The molecule has 9 nitrogen and oxygen atoms in total. The summed E-state index contributed by atoms with van der Waals surface area (Å²) in [5.41, 5.74) is 10.8. The predicted molar refractivity (Wildman–Crippen MR) is 104 cm³/mol. The highest BCUT2D eigenvalue weighted by Crippen LogP contribution is 2.26. The van der Waals surface area contributed by atoms with Crippen molar-refractivity contribution < 1.29 is 14.4 Å². The molecule has 27 heavy (non-hydrogen) atoms. The van der Waals surface area contributed by atoms with E-state index in [2.05, 4.69) is 10.6 Å². The fourth-order valence-corrected chi connectivity index (χ4v) is 3.35. The third-order valence-electron chi connectivity index (χ3n) is 4.81. The largest absolute Gasteiger partial charge is 0.370 e. The van der Waals surface area contributed by atoms with Crippen molar-refractivity contribution in [2.75, 3.05) is 6.54 Å². The van der Waals surface area contributed by atoms with Gasteiger partial charge in [-0.3, -0.25) is 19.8 Å². The van der Waals surface area contributed by atoms with Crippen molar-refractivity contribution in [3.63, 3.8) is 0 Å². The number of amides is 2. The standard InChI is InChI=1S/C18H33N6O3/c1-12(19)16(26)23-13(2)17(27)24(14-7-4-3-5-8-14)15(11-25)9-6-10-22-18(20)21/h12-15H,3-10,19H2,1-2H3,(H,23,26)(H4,20,21,22)/t12-,13-,15-/m0/s1. The van der Waals surface area contributed by atoms with Crippen LogP contribution in [0.15, 0.2) is 0 Å². The minimum Gasteiger partial charge on any atom is -0.370 e. The van der Waals surface area contributed by atoms with Gasteiger partial charge >= 0.3 is 0 Å². The van der Waals surface area contributed by atoms with Crippen LogP contribution in [0, 0.1) is 5.41 Å². The molecule has 0 bridgehead atoms. The van der Waals surface area contributed by atoms with E-state index in [1.807, 2.05) is 6.29 Å². The van der Waals surface area contributed by atoms with Crippen molar-refractivity contribution in [2.24, 2.45) is 11.5 Å². The zero-order valence-electron chi connectivity index (χ0n) is 16.3. The number of nitrogens with one attached hydrogen (secondary N) is 3. The lowest BCUT2D eigenvalue weighted by Gasteiger charge is -2.39. The van der Waals surface area contributed by atoms with Crippen molar-refractivity contribution in [1.82, 2.24) is 15.5 Å². The minimum atomic E-state index is -0.767. The number of carbonyl (C=O) groups excluding carboxylic acids is 3. The van der Waals surface area contributed by atoms with Crippen LogP contribution < -0.4 is 22.1 Å². The average molecular weight is 382 g/mol. The lowest BCUT2D eigenvalue weighted by Crippen LogP contribution is -2.56. The maximum atomic E-state index is 13.1. The molecule has 1 fully saturated rings. The van der Waals surface area contributed by atoms with Gasteiger partial charge < -0.3 is 27.0 Å². The topological polar surface area (TPSA) is 154 Å². The normalized spacial score (nSPS) is 18.0. The molecule has 3 atom stereocenters. The Kier molecular flexibility index (Phi) is 9.77. The van der Waals surface area contributed by atoms with E-state index in [0.29, 0.717) is 19.4 Å². The van der Waals surface area contributed by atoms with Gasteiger partial charge in [-0.2, -0.15) is 0 Å². The number of hydrogen-bond acceptors (Lipinski definition) is 5. The van der Waals surface area contributed by atoms with E-state index in [9.17, 15) is 14.4 Å². The van der Waals surface area contributed by atoms with Crippen molar-refractivity contribution in [3.8, 4) is 0 Å². The van der Waals surface area contributed by atoms with Crippen LogP contribution in [-0.2, 0) is 14.4 Å². The molecule has 0 spiro atoms. The Bertz CT molecular complexity index is 519. The molecule has 153 valence electrons. The van der Waals surface area contributed by atoms with Gasteiger partial charge in [-0.15, -0.1) is 0 Å². The van der Waals surface area contributed by atoms with Gasteiger partial charge in [-0.25, -0.2) is 0 Å². The molecule has 9 heteroatoms. The van der Waals surface area contributed by atoms with Crippen molar-refractivity contribution in [1.29, 1.82) is 5.41 Å². The highest BCUT2D eigenvalue weighted by Gasteiger charge is 2.34. The zero-order chi connectivity index (χ0) is 20.4. The third-order valence-corrected chi connectivity index (χ3v) is 4.81. The van der Waals surface area contributed by atoms with Crippen molar-refractivity contribution in [3.05, 3.63) is 0 Å². The summed E-state index contributed by atoms with van der Waals surface area (Å²) in [5, 5.41) is 12.5. The average Bonchev–Trinajstić information content (AvgIpc) is 2.64. The van der Waals surface area contributed by atoms with E-state index in [1.54, 1.807) is 18.7 Å². The van der Waals surface area contributed by atoms with Gasteiger partial charge in [0.2, 0.25) is 18.1 Å². The second kappa shape index (κ2) is 11.5. The summed E-state index contributed by atoms with van der Waals surface area (Å²) in [6.45, 7) is 3.60. The Balaban J connectivity index is 2.86. The van der Waals surface area contributed by atoms with Crippen LogP contribution >= 0.6 is 0 Å². The number of nitrogens with zero attached hydrogens (tertiary/aromatic N) is 1. The Labute approximate surface area is 161 Å². The molecule has 0 aromatic carbocycles. The van der Waals surface area contributed by atoms with E-state index in [1.165, 1.54) is 0 Å². The first-order valence-corrected chi connectivity index (χ1v) is 9.61. The van der Waals surface area contributed by atoms with Crippen molar-refractivity contribution >= 4 is 24.1 Å². The fraction of sp³-hybridized carbons (Fsp3) is 0.778. The fourth-order valence-electron chi connectivity index (χ4n) is 3.35. The summed E-state index contributed by atoms with van der Waals surface area (Å²) in [5.74, 6) is -0.824. The number of hydrogen-bond donors (Lipinski definition) is 5. The Morgan fingerprint density at radius 1 is 1.26 bits per heavy atom. The molecular formula is C18H33N6O3. The SMILES string of the molecule is C[C@H](N)C(=O)N[C@@H](C)C(=O)N(C1CCCCC1)[C@H]([C]=O)CCCNC(=N)N. The van der Waals surface area contributed by atoms with Gasteiger partial charge in [0.05, 0.1) is 12.1 Å². The lowest BCUT2D eigenvalue weighted by molar-refractivity contribution is -0.140. The molecule has 0 saturated heterocycles. The molecule has 1 aliphatic carbocycles. The van der Waals surface area contributed by atoms with E-state index < -0.39 is 24.0 Å². The molecule has 1 aliphatic rings.